The van der Waals surface area contributed by atoms with Crippen molar-refractivity contribution in [2.45, 2.75) is 23.8 Å². The highest BCUT2D eigenvalue weighted by atomic mass is 32.2. The van der Waals surface area contributed by atoms with Gasteiger partial charge in [-0.05, 0) is 36.6 Å². The van der Waals surface area contributed by atoms with E-state index in [9.17, 15) is 4.39 Å². The first-order chi connectivity index (χ1) is 7.74. The van der Waals surface area contributed by atoms with Gasteiger partial charge in [0.25, 0.3) is 0 Å². The van der Waals surface area contributed by atoms with E-state index in [0.29, 0.717) is 10.9 Å². The molecule has 0 radical (unpaired) electrons. The van der Waals surface area contributed by atoms with Crippen LogP contribution in [0.15, 0.2) is 18.2 Å². The number of rotatable bonds is 3. The Labute approximate surface area is 99.4 Å². The van der Waals surface area contributed by atoms with Crippen molar-refractivity contribution >= 4 is 17.4 Å². The third-order valence-electron chi connectivity index (χ3n) is 2.63. The number of ether oxygens (including phenoxy) is 1. The minimum absolute atomic E-state index is 0.248. The molecule has 16 heavy (non-hydrogen) atoms. The van der Waals surface area contributed by atoms with Crippen LogP contribution in [0.4, 0.5) is 10.1 Å². The van der Waals surface area contributed by atoms with Gasteiger partial charge in [-0.15, -0.1) is 0 Å². The van der Waals surface area contributed by atoms with Gasteiger partial charge < -0.3 is 10.5 Å². The molecule has 1 heterocycles. The zero-order valence-corrected chi connectivity index (χ0v) is 9.93. The average Bonchev–Trinajstić information content (AvgIpc) is 2.27. The van der Waals surface area contributed by atoms with Crippen LogP contribution in [0.2, 0.25) is 0 Å². The lowest BCUT2D eigenvalue weighted by atomic mass is 10.2. The summed E-state index contributed by atoms with van der Waals surface area (Å²) in [6.45, 7) is 1.70. The number of anilines is 1. The van der Waals surface area contributed by atoms with Crippen molar-refractivity contribution in [2.24, 2.45) is 0 Å². The van der Waals surface area contributed by atoms with Crippen LogP contribution >= 0.6 is 11.8 Å². The van der Waals surface area contributed by atoms with Crippen molar-refractivity contribution in [3.05, 3.63) is 29.6 Å². The molecule has 2 N–H and O–H groups in total. The lowest BCUT2D eigenvalue weighted by Gasteiger charge is -2.21. The van der Waals surface area contributed by atoms with Crippen LogP contribution in [-0.2, 0) is 10.5 Å². The largest absolute Gasteiger partial charge is 0.399 e. The summed E-state index contributed by atoms with van der Waals surface area (Å²) >= 11 is 1.87. The Hall–Kier alpha value is -0.740. The fourth-order valence-electron chi connectivity index (χ4n) is 1.82. The number of thioether (sulfide) groups is 1. The van der Waals surface area contributed by atoms with Crippen molar-refractivity contribution in [3.8, 4) is 0 Å². The molecule has 4 heteroatoms. The summed E-state index contributed by atoms with van der Waals surface area (Å²) in [7, 11) is 0. The first kappa shape index (κ1) is 11.7. The van der Waals surface area contributed by atoms with E-state index in [-0.39, 0.29) is 5.82 Å². The van der Waals surface area contributed by atoms with E-state index in [1.807, 2.05) is 17.8 Å². The molecule has 1 aliphatic heterocycles. The summed E-state index contributed by atoms with van der Waals surface area (Å²) in [6.07, 6.45) is 2.19. The zero-order chi connectivity index (χ0) is 11.4. The molecule has 0 atom stereocenters. The lowest BCUT2D eigenvalue weighted by Crippen LogP contribution is -2.17. The fraction of sp³-hybridized carbons (Fsp3) is 0.500. The van der Waals surface area contributed by atoms with Gasteiger partial charge in [-0.25, -0.2) is 4.39 Å². The second-order valence-electron chi connectivity index (χ2n) is 4.02. The number of hydrogen-bond donors (Lipinski definition) is 1. The van der Waals surface area contributed by atoms with Gasteiger partial charge in [0.05, 0.1) is 0 Å². The molecule has 0 aromatic heterocycles. The SMILES string of the molecule is Nc1cc(F)cc(CSC2CCOCC2)c1. The maximum Gasteiger partial charge on any atom is 0.125 e. The van der Waals surface area contributed by atoms with E-state index in [1.165, 1.54) is 6.07 Å². The standard InChI is InChI=1S/C12H16FNOS/c13-10-5-9(6-11(14)7-10)8-16-12-1-3-15-4-2-12/h5-7,12H,1-4,8,14H2. The van der Waals surface area contributed by atoms with E-state index in [4.69, 9.17) is 10.5 Å². The third-order valence-corrected chi connectivity index (χ3v) is 4.08. The molecule has 2 nitrogen and oxygen atoms in total. The monoisotopic (exact) mass is 241 g/mol. The molecule has 1 saturated heterocycles. The smallest absolute Gasteiger partial charge is 0.125 e. The number of nitrogen functional groups attached to an aromatic ring is 1. The Kier molecular flexibility index (Phi) is 4.07. The topological polar surface area (TPSA) is 35.2 Å². The summed E-state index contributed by atoms with van der Waals surface area (Å²) in [5.74, 6) is 0.578. The lowest BCUT2D eigenvalue weighted by molar-refractivity contribution is 0.1000. The summed E-state index contributed by atoms with van der Waals surface area (Å²) in [5.41, 5.74) is 7.07. The van der Waals surface area contributed by atoms with Crippen LogP contribution in [0, 0.1) is 5.82 Å². The highest BCUT2D eigenvalue weighted by Gasteiger charge is 2.14. The molecule has 0 bridgehead atoms. The highest BCUT2D eigenvalue weighted by molar-refractivity contribution is 7.99. The van der Waals surface area contributed by atoms with Gasteiger partial charge in [-0.2, -0.15) is 11.8 Å². The van der Waals surface area contributed by atoms with Crippen molar-refractivity contribution in [3.63, 3.8) is 0 Å². The Morgan fingerprint density at radius 2 is 2.06 bits per heavy atom. The minimum atomic E-state index is -0.248. The zero-order valence-electron chi connectivity index (χ0n) is 9.12. The van der Waals surface area contributed by atoms with Crippen molar-refractivity contribution in [1.29, 1.82) is 0 Å². The molecule has 1 aliphatic rings. The van der Waals surface area contributed by atoms with E-state index in [0.717, 1.165) is 37.4 Å². The Bertz CT molecular complexity index is 333. The number of halogens is 1. The summed E-state index contributed by atoms with van der Waals surface area (Å²) in [6, 6.07) is 4.75. The average molecular weight is 241 g/mol. The summed E-state index contributed by atoms with van der Waals surface area (Å²) < 4.78 is 18.4. The maximum absolute atomic E-state index is 13.1. The van der Waals surface area contributed by atoms with Gasteiger partial charge in [0.15, 0.2) is 0 Å². The van der Waals surface area contributed by atoms with Crippen LogP contribution in [0.1, 0.15) is 18.4 Å². The molecule has 0 spiro atoms. The minimum Gasteiger partial charge on any atom is -0.399 e. The second-order valence-corrected chi connectivity index (χ2v) is 5.30. The molecule has 2 rings (SSSR count). The maximum atomic E-state index is 13.1. The fourth-order valence-corrected chi connectivity index (χ4v) is 2.94. The molecule has 0 amide bonds. The quantitative estimate of drug-likeness (QED) is 0.826. The van der Waals surface area contributed by atoms with Gasteiger partial charge >= 0.3 is 0 Å². The van der Waals surface area contributed by atoms with E-state index >= 15 is 0 Å². The number of hydrogen-bond acceptors (Lipinski definition) is 3. The molecule has 88 valence electrons. The van der Waals surface area contributed by atoms with Crippen LogP contribution in [0.3, 0.4) is 0 Å². The van der Waals surface area contributed by atoms with Crippen LogP contribution in [0.25, 0.3) is 0 Å². The van der Waals surface area contributed by atoms with Gasteiger partial charge in [0.1, 0.15) is 5.82 Å². The molecule has 1 fully saturated rings. The predicted octanol–water partition coefficient (Wildman–Crippen LogP) is 2.82. The normalized spacial score (nSPS) is 17.6. The molecule has 0 aliphatic carbocycles. The second kappa shape index (κ2) is 5.55. The molecular weight excluding hydrogens is 225 g/mol. The van der Waals surface area contributed by atoms with Gasteiger partial charge in [0.2, 0.25) is 0 Å². The molecule has 0 unspecified atom stereocenters. The third kappa shape index (κ3) is 3.39. The van der Waals surface area contributed by atoms with Crippen molar-refractivity contribution in [2.75, 3.05) is 18.9 Å². The van der Waals surface area contributed by atoms with Crippen molar-refractivity contribution < 1.29 is 9.13 Å². The molecule has 1 aromatic carbocycles. The van der Waals surface area contributed by atoms with E-state index in [1.54, 1.807) is 6.07 Å². The van der Waals surface area contributed by atoms with Crippen molar-refractivity contribution in [1.82, 2.24) is 0 Å². The summed E-state index contributed by atoms with van der Waals surface area (Å²) in [4.78, 5) is 0. The number of benzene rings is 1. The Morgan fingerprint density at radius 3 is 2.75 bits per heavy atom. The predicted molar refractivity (Wildman–Crippen MR) is 65.9 cm³/mol. The molecule has 0 saturated carbocycles. The van der Waals surface area contributed by atoms with Crippen LogP contribution in [-0.4, -0.2) is 18.5 Å². The molecular formula is C12H16FNOS. The van der Waals surface area contributed by atoms with Crippen LogP contribution in [0.5, 0.6) is 0 Å². The first-order valence-electron chi connectivity index (χ1n) is 5.48. The first-order valence-corrected chi connectivity index (χ1v) is 6.53. The Morgan fingerprint density at radius 1 is 1.31 bits per heavy atom. The van der Waals surface area contributed by atoms with Gasteiger partial charge in [-0.3, -0.25) is 0 Å². The van der Waals surface area contributed by atoms with E-state index < -0.39 is 0 Å². The summed E-state index contributed by atoms with van der Waals surface area (Å²) in [5, 5.41) is 0.637. The van der Waals surface area contributed by atoms with Gasteiger partial charge in [0, 0.05) is 29.9 Å². The highest BCUT2D eigenvalue weighted by Crippen LogP contribution is 2.26. The van der Waals surface area contributed by atoms with Crippen LogP contribution < -0.4 is 5.73 Å². The van der Waals surface area contributed by atoms with E-state index in [2.05, 4.69) is 0 Å². The van der Waals surface area contributed by atoms with Gasteiger partial charge in [-0.1, -0.05) is 0 Å². The number of nitrogens with two attached hydrogens (primary N) is 1. The molecule has 1 aromatic rings. The Balaban J connectivity index is 1.88.